The fraction of sp³-hybridized carbons (Fsp3) is 0.381. The summed E-state index contributed by atoms with van der Waals surface area (Å²) in [5.74, 6) is -0.0317. The highest BCUT2D eigenvalue weighted by atomic mass is 32.2. The van der Waals surface area contributed by atoms with Crippen LogP contribution < -0.4 is 4.72 Å². The average molecular weight is 464 g/mol. The number of aromatic nitrogens is 2. The smallest absolute Gasteiger partial charge is 0.240 e. The third-order valence-corrected chi connectivity index (χ3v) is 9.23. The molecule has 3 heterocycles. The maximum atomic E-state index is 14.7. The van der Waals surface area contributed by atoms with Crippen LogP contribution in [0.5, 0.6) is 0 Å². The molecule has 7 nitrogen and oxygen atoms in total. The van der Waals surface area contributed by atoms with Crippen LogP contribution in [0.15, 0.2) is 41.4 Å². The van der Waals surface area contributed by atoms with Crippen LogP contribution in [0.3, 0.4) is 0 Å². The number of aromatic amines is 1. The molecule has 5 rings (SSSR count). The molecule has 1 aliphatic heterocycles. The standard InChI is InChI=1S/C21H22FN3O4S2/c22-18-12-23-21-17(11-19(24-21)13-1-2-13)20(18)14-3-5-16(6-4-14)31(28,29)25-15-7-9-30(26,27)10-8-15/h3-6,11-13,15,25H,1-2,7-10H2,(H,23,24). The fourth-order valence-electron chi connectivity index (χ4n) is 4.07. The van der Waals surface area contributed by atoms with Crippen molar-refractivity contribution in [2.45, 2.75) is 42.5 Å². The molecule has 1 saturated carbocycles. The predicted molar refractivity (Wildman–Crippen MR) is 115 cm³/mol. The van der Waals surface area contributed by atoms with Crippen LogP contribution in [0.4, 0.5) is 4.39 Å². The van der Waals surface area contributed by atoms with Gasteiger partial charge in [0.25, 0.3) is 0 Å². The number of hydrogen-bond acceptors (Lipinski definition) is 5. The van der Waals surface area contributed by atoms with Gasteiger partial charge in [0, 0.05) is 22.7 Å². The van der Waals surface area contributed by atoms with E-state index in [1.165, 1.54) is 18.3 Å². The maximum absolute atomic E-state index is 14.7. The molecule has 0 bridgehead atoms. The van der Waals surface area contributed by atoms with E-state index in [0.29, 0.717) is 28.1 Å². The zero-order valence-electron chi connectivity index (χ0n) is 16.6. The number of nitrogens with zero attached hydrogens (tertiary/aromatic N) is 1. The van der Waals surface area contributed by atoms with Gasteiger partial charge in [-0.2, -0.15) is 0 Å². The van der Waals surface area contributed by atoms with Gasteiger partial charge in [-0.3, -0.25) is 0 Å². The van der Waals surface area contributed by atoms with E-state index in [-0.39, 0.29) is 29.2 Å². The first-order chi connectivity index (χ1) is 14.7. The Hall–Kier alpha value is -2.30. The molecule has 0 amide bonds. The number of nitrogens with one attached hydrogen (secondary N) is 2. The van der Waals surface area contributed by atoms with E-state index in [1.54, 1.807) is 12.1 Å². The second kappa shape index (κ2) is 7.39. The summed E-state index contributed by atoms with van der Waals surface area (Å²) in [6.07, 6.45) is 3.91. The molecule has 31 heavy (non-hydrogen) atoms. The van der Waals surface area contributed by atoms with E-state index in [9.17, 15) is 21.2 Å². The van der Waals surface area contributed by atoms with Gasteiger partial charge in [0.2, 0.25) is 10.0 Å². The van der Waals surface area contributed by atoms with E-state index in [1.807, 2.05) is 6.07 Å². The van der Waals surface area contributed by atoms with Crippen molar-refractivity contribution in [1.29, 1.82) is 0 Å². The molecular formula is C21H22FN3O4S2. The number of pyridine rings is 1. The number of sulfonamides is 1. The van der Waals surface area contributed by atoms with E-state index in [0.717, 1.165) is 18.5 Å². The van der Waals surface area contributed by atoms with Crippen LogP contribution in [0.1, 0.15) is 37.3 Å². The Bertz CT molecular complexity index is 1350. The molecule has 0 atom stereocenters. The van der Waals surface area contributed by atoms with Gasteiger partial charge in [-0.15, -0.1) is 0 Å². The van der Waals surface area contributed by atoms with Crippen molar-refractivity contribution >= 4 is 30.9 Å². The van der Waals surface area contributed by atoms with Crippen molar-refractivity contribution in [2.24, 2.45) is 0 Å². The van der Waals surface area contributed by atoms with Crippen LogP contribution in [-0.2, 0) is 19.9 Å². The first-order valence-electron chi connectivity index (χ1n) is 10.2. The molecule has 2 aliphatic rings. The number of H-pyrrole nitrogens is 1. The lowest BCUT2D eigenvalue weighted by Gasteiger charge is -2.22. The third kappa shape index (κ3) is 4.11. The quantitative estimate of drug-likeness (QED) is 0.604. The number of rotatable bonds is 5. The molecular weight excluding hydrogens is 441 g/mol. The molecule has 1 aliphatic carbocycles. The molecule has 2 aromatic heterocycles. The lowest BCUT2D eigenvalue weighted by molar-refractivity contribution is 0.505. The van der Waals surface area contributed by atoms with Gasteiger partial charge in [0.15, 0.2) is 0 Å². The predicted octanol–water partition coefficient (Wildman–Crippen LogP) is 3.10. The lowest BCUT2D eigenvalue weighted by Crippen LogP contribution is -2.40. The molecule has 3 aromatic rings. The van der Waals surface area contributed by atoms with Crippen LogP contribution >= 0.6 is 0 Å². The molecule has 10 heteroatoms. The van der Waals surface area contributed by atoms with Crippen molar-refractivity contribution < 1.29 is 21.2 Å². The molecule has 0 radical (unpaired) electrons. The Morgan fingerprint density at radius 1 is 1.06 bits per heavy atom. The molecule has 2 fully saturated rings. The highest BCUT2D eigenvalue weighted by molar-refractivity contribution is 7.91. The summed E-state index contributed by atoms with van der Waals surface area (Å²) in [7, 11) is -6.88. The zero-order chi connectivity index (χ0) is 21.8. The van der Waals surface area contributed by atoms with Crippen molar-refractivity contribution in [3.05, 3.63) is 48.0 Å². The van der Waals surface area contributed by atoms with E-state index >= 15 is 0 Å². The van der Waals surface area contributed by atoms with Crippen molar-refractivity contribution in [2.75, 3.05) is 11.5 Å². The SMILES string of the molecule is O=S1(=O)CCC(NS(=O)(=O)c2ccc(-c3c(F)cnc4[nH]c(C5CC5)cc34)cc2)CC1. The van der Waals surface area contributed by atoms with Crippen molar-refractivity contribution in [3.63, 3.8) is 0 Å². The van der Waals surface area contributed by atoms with Crippen LogP contribution in [0.2, 0.25) is 0 Å². The van der Waals surface area contributed by atoms with Crippen LogP contribution in [-0.4, -0.2) is 44.4 Å². The minimum atomic E-state index is -3.80. The van der Waals surface area contributed by atoms with Gasteiger partial charge in [-0.1, -0.05) is 12.1 Å². The maximum Gasteiger partial charge on any atom is 0.240 e. The zero-order valence-corrected chi connectivity index (χ0v) is 18.3. The summed E-state index contributed by atoms with van der Waals surface area (Å²) in [5.41, 5.74) is 2.62. The third-order valence-electron chi connectivity index (χ3n) is 5.98. The normalized spacial score (nSPS) is 19.6. The Morgan fingerprint density at radius 2 is 1.74 bits per heavy atom. The number of fused-ring (bicyclic) bond motifs is 1. The summed E-state index contributed by atoms with van der Waals surface area (Å²) in [5, 5.41) is 0.680. The number of benzene rings is 1. The van der Waals surface area contributed by atoms with Gasteiger partial charge in [0.1, 0.15) is 21.3 Å². The fourth-order valence-corrected chi connectivity index (χ4v) is 6.87. The van der Waals surface area contributed by atoms with Gasteiger partial charge >= 0.3 is 0 Å². The molecule has 2 N–H and O–H groups in total. The second-order valence-electron chi connectivity index (χ2n) is 8.31. The minimum Gasteiger partial charge on any atom is -0.343 e. The van der Waals surface area contributed by atoms with Crippen molar-refractivity contribution in [1.82, 2.24) is 14.7 Å². The Kier molecular flexibility index (Phi) is 4.91. The number of hydrogen-bond donors (Lipinski definition) is 2. The second-order valence-corrected chi connectivity index (χ2v) is 12.3. The average Bonchev–Trinajstić information content (AvgIpc) is 3.49. The molecule has 1 saturated heterocycles. The van der Waals surface area contributed by atoms with Gasteiger partial charge < -0.3 is 4.98 Å². The Labute approximate surface area is 180 Å². The summed E-state index contributed by atoms with van der Waals surface area (Å²) in [6, 6.07) is 7.57. The van der Waals surface area contributed by atoms with E-state index < -0.39 is 31.7 Å². The van der Waals surface area contributed by atoms with Crippen LogP contribution in [0, 0.1) is 5.82 Å². The summed E-state index contributed by atoms with van der Waals surface area (Å²) >= 11 is 0. The number of sulfone groups is 1. The molecule has 164 valence electrons. The van der Waals surface area contributed by atoms with Gasteiger partial charge in [-0.25, -0.2) is 30.9 Å². The van der Waals surface area contributed by atoms with Crippen LogP contribution in [0.25, 0.3) is 22.2 Å². The van der Waals surface area contributed by atoms with Gasteiger partial charge in [-0.05, 0) is 55.4 Å². The summed E-state index contributed by atoms with van der Waals surface area (Å²) in [4.78, 5) is 7.46. The number of halogens is 1. The first kappa shape index (κ1) is 20.6. The van der Waals surface area contributed by atoms with Crippen molar-refractivity contribution in [3.8, 4) is 11.1 Å². The summed E-state index contributed by atoms with van der Waals surface area (Å²) in [6.45, 7) is 0. The Balaban J connectivity index is 1.42. The van der Waals surface area contributed by atoms with E-state index in [4.69, 9.17) is 0 Å². The Morgan fingerprint density at radius 3 is 2.39 bits per heavy atom. The monoisotopic (exact) mass is 463 g/mol. The van der Waals surface area contributed by atoms with Gasteiger partial charge in [0.05, 0.1) is 22.6 Å². The minimum absolute atomic E-state index is 0.0179. The summed E-state index contributed by atoms with van der Waals surface area (Å²) < 4.78 is 65.8. The molecule has 1 aromatic carbocycles. The highest BCUT2D eigenvalue weighted by Gasteiger charge is 2.28. The highest BCUT2D eigenvalue weighted by Crippen LogP contribution is 2.42. The molecule has 0 unspecified atom stereocenters. The lowest BCUT2D eigenvalue weighted by atomic mass is 10.0. The topological polar surface area (TPSA) is 109 Å². The largest absolute Gasteiger partial charge is 0.343 e. The first-order valence-corrected chi connectivity index (χ1v) is 13.5. The van der Waals surface area contributed by atoms with E-state index in [2.05, 4.69) is 14.7 Å². The molecule has 0 spiro atoms.